The zero-order chi connectivity index (χ0) is 17.5. The molecule has 23 heavy (non-hydrogen) atoms. The highest BCUT2D eigenvalue weighted by atomic mass is 32.2. The number of ether oxygens (including phenoxy) is 1. The van der Waals surface area contributed by atoms with Gasteiger partial charge in [-0.15, -0.1) is 0 Å². The summed E-state index contributed by atoms with van der Waals surface area (Å²) >= 11 is 0. The highest BCUT2D eigenvalue weighted by Crippen LogP contribution is 2.09. The van der Waals surface area contributed by atoms with Crippen LogP contribution in [0.4, 0.5) is 0 Å². The molecule has 0 saturated carbocycles. The lowest BCUT2D eigenvalue weighted by Gasteiger charge is -2.22. The van der Waals surface area contributed by atoms with E-state index in [1.54, 1.807) is 24.3 Å². The summed E-state index contributed by atoms with van der Waals surface area (Å²) in [5.41, 5.74) is 0.799. The zero-order valence-corrected chi connectivity index (χ0v) is 14.4. The van der Waals surface area contributed by atoms with Crippen molar-refractivity contribution in [1.82, 2.24) is 0 Å². The average molecular weight is 368 g/mol. The Kier molecular flexibility index (Phi) is 7.58. The second kappa shape index (κ2) is 8.71. The van der Waals surface area contributed by atoms with Gasteiger partial charge in [0.1, 0.15) is 12.2 Å². The fourth-order valence-electron chi connectivity index (χ4n) is 1.54. The lowest BCUT2D eigenvalue weighted by atomic mass is 10.2. The van der Waals surface area contributed by atoms with E-state index in [4.69, 9.17) is 4.74 Å². The lowest BCUT2D eigenvalue weighted by Crippen LogP contribution is -2.38. The molecule has 1 rings (SSSR count). The molecule has 0 aliphatic carbocycles. The van der Waals surface area contributed by atoms with Crippen LogP contribution in [-0.4, -0.2) is 59.9 Å². The molecule has 1 aromatic rings. The van der Waals surface area contributed by atoms with Crippen LogP contribution in [0.1, 0.15) is 5.56 Å². The second-order valence-corrected chi connectivity index (χ2v) is 8.17. The average Bonchev–Trinajstić information content (AvgIpc) is 2.44. The molecule has 8 nitrogen and oxygen atoms in total. The summed E-state index contributed by atoms with van der Waals surface area (Å²) in [5, 5.41) is 9.96. The Labute approximate surface area is 136 Å². The Morgan fingerprint density at radius 2 is 1.48 bits per heavy atom. The maximum absolute atomic E-state index is 11.1. The van der Waals surface area contributed by atoms with Crippen molar-refractivity contribution in [2.24, 2.45) is 0 Å². The third-order valence-electron chi connectivity index (χ3n) is 2.64. The minimum absolute atomic E-state index is 0.0918. The van der Waals surface area contributed by atoms with Crippen LogP contribution < -0.4 is 0 Å². The molecule has 0 aromatic heterocycles. The number of aliphatic hydroxyl groups excluding tert-OH is 1. The van der Waals surface area contributed by atoms with Gasteiger partial charge in [-0.25, -0.2) is 0 Å². The van der Waals surface area contributed by atoms with Crippen LogP contribution in [0.5, 0.6) is 0 Å². The first-order chi connectivity index (χ1) is 10.6. The number of benzene rings is 1. The Morgan fingerprint density at radius 3 is 2.00 bits per heavy atom. The van der Waals surface area contributed by atoms with Crippen molar-refractivity contribution in [2.75, 3.05) is 25.7 Å². The van der Waals surface area contributed by atoms with Crippen molar-refractivity contribution in [2.45, 2.75) is 18.8 Å². The third kappa shape index (κ3) is 9.64. The first kappa shape index (κ1) is 20.0. The summed E-state index contributed by atoms with van der Waals surface area (Å²) < 4.78 is 58.6. The normalized spacial score (nSPS) is 15.3. The van der Waals surface area contributed by atoms with Gasteiger partial charge in [0.25, 0.3) is 20.2 Å². The third-order valence-corrected chi connectivity index (χ3v) is 3.76. The Balaban J connectivity index is 2.67. The quantitative estimate of drug-likeness (QED) is 0.569. The summed E-state index contributed by atoms with van der Waals surface area (Å²) in [6, 6.07) is 8.98. The smallest absolute Gasteiger partial charge is 0.264 e. The Morgan fingerprint density at radius 1 is 0.957 bits per heavy atom. The van der Waals surface area contributed by atoms with Gasteiger partial charge in [0, 0.05) is 0 Å². The Hall–Kier alpha value is -1.04. The SMILES string of the molecule is CS(=O)(=O)OCC(O)C(COS(C)(=O)=O)OCc1ccccc1. The fraction of sp³-hybridized carbons (Fsp3) is 0.538. The van der Waals surface area contributed by atoms with Gasteiger partial charge in [-0.1, -0.05) is 30.3 Å². The van der Waals surface area contributed by atoms with Crippen LogP contribution in [0.25, 0.3) is 0 Å². The largest absolute Gasteiger partial charge is 0.388 e. The van der Waals surface area contributed by atoms with Gasteiger partial charge in [0.05, 0.1) is 32.3 Å². The number of hydrogen-bond acceptors (Lipinski definition) is 8. The van der Waals surface area contributed by atoms with Crippen LogP contribution in [0.15, 0.2) is 30.3 Å². The van der Waals surface area contributed by atoms with E-state index in [0.717, 1.165) is 18.1 Å². The van der Waals surface area contributed by atoms with E-state index in [2.05, 4.69) is 8.37 Å². The lowest BCUT2D eigenvalue weighted by molar-refractivity contribution is -0.0769. The summed E-state index contributed by atoms with van der Waals surface area (Å²) in [6.07, 6.45) is -0.755. The van der Waals surface area contributed by atoms with Gasteiger partial charge in [0.2, 0.25) is 0 Å². The molecule has 1 N–H and O–H groups in total. The fourth-order valence-corrected chi connectivity index (χ4v) is 2.31. The zero-order valence-electron chi connectivity index (χ0n) is 12.8. The maximum Gasteiger partial charge on any atom is 0.264 e. The molecule has 0 aliphatic heterocycles. The highest BCUT2D eigenvalue weighted by Gasteiger charge is 2.24. The predicted molar refractivity (Wildman–Crippen MR) is 82.6 cm³/mol. The first-order valence-corrected chi connectivity index (χ1v) is 10.2. The van der Waals surface area contributed by atoms with Crippen LogP contribution in [-0.2, 0) is 39.9 Å². The van der Waals surface area contributed by atoms with Crippen LogP contribution in [0.3, 0.4) is 0 Å². The maximum atomic E-state index is 11.1. The summed E-state index contributed by atoms with van der Waals surface area (Å²) in [7, 11) is -7.47. The summed E-state index contributed by atoms with van der Waals surface area (Å²) in [6.45, 7) is -0.931. The van der Waals surface area contributed by atoms with E-state index in [0.29, 0.717) is 0 Å². The topological polar surface area (TPSA) is 116 Å². The molecule has 0 heterocycles. The summed E-state index contributed by atoms with van der Waals surface area (Å²) in [5.74, 6) is 0. The minimum Gasteiger partial charge on any atom is -0.388 e. The number of hydrogen-bond donors (Lipinski definition) is 1. The molecule has 0 amide bonds. The van der Waals surface area contributed by atoms with Gasteiger partial charge in [-0.05, 0) is 5.56 Å². The molecule has 0 aliphatic rings. The van der Waals surface area contributed by atoms with Crippen LogP contribution >= 0.6 is 0 Å². The van der Waals surface area contributed by atoms with Crippen molar-refractivity contribution >= 4 is 20.2 Å². The molecule has 0 bridgehead atoms. The van der Waals surface area contributed by atoms with Crippen molar-refractivity contribution in [3.05, 3.63) is 35.9 Å². The molecular formula is C13H20O8S2. The molecule has 10 heteroatoms. The van der Waals surface area contributed by atoms with Crippen molar-refractivity contribution in [1.29, 1.82) is 0 Å². The van der Waals surface area contributed by atoms with E-state index in [9.17, 15) is 21.9 Å². The van der Waals surface area contributed by atoms with E-state index in [1.807, 2.05) is 6.07 Å². The van der Waals surface area contributed by atoms with Gasteiger partial charge in [-0.3, -0.25) is 8.37 Å². The molecule has 0 saturated heterocycles. The van der Waals surface area contributed by atoms with E-state index < -0.39 is 45.7 Å². The molecule has 1 aromatic carbocycles. The van der Waals surface area contributed by atoms with Gasteiger partial charge < -0.3 is 9.84 Å². The molecular weight excluding hydrogens is 348 g/mol. The molecule has 0 fully saturated rings. The van der Waals surface area contributed by atoms with Crippen LogP contribution in [0, 0.1) is 0 Å². The second-order valence-electron chi connectivity index (χ2n) is 4.88. The van der Waals surface area contributed by atoms with Crippen molar-refractivity contribution < 1.29 is 35.0 Å². The van der Waals surface area contributed by atoms with E-state index in [-0.39, 0.29) is 6.61 Å². The standard InChI is InChI=1S/C13H20O8S2/c1-22(15,16)20-9-12(14)13(10-21-23(2,17)18)19-8-11-6-4-3-5-7-11/h3-7,12-14H,8-10H2,1-2H3. The van der Waals surface area contributed by atoms with Crippen molar-refractivity contribution in [3.8, 4) is 0 Å². The molecule has 2 unspecified atom stereocenters. The molecule has 2 atom stereocenters. The van der Waals surface area contributed by atoms with Gasteiger partial charge in [0.15, 0.2) is 0 Å². The van der Waals surface area contributed by atoms with Gasteiger partial charge in [-0.2, -0.15) is 16.8 Å². The first-order valence-electron chi connectivity index (χ1n) is 6.59. The highest BCUT2D eigenvalue weighted by molar-refractivity contribution is 7.86. The molecule has 0 radical (unpaired) electrons. The van der Waals surface area contributed by atoms with E-state index in [1.165, 1.54) is 0 Å². The van der Waals surface area contributed by atoms with E-state index >= 15 is 0 Å². The summed E-state index contributed by atoms with van der Waals surface area (Å²) in [4.78, 5) is 0. The van der Waals surface area contributed by atoms with Crippen molar-refractivity contribution in [3.63, 3.8) is 0 Å². The monoisotopic (exact) mass is 368 g/mol. The predicted octanol–water partition coefficient (Wildman–Crippen LogP) is -0.115. The Bertz CT molecular complexity index is 669. The minimum atomic E-state index is -3.74. The molecule has 132 valence electrons. The van der Waals surface area contributed by atoms with Crippen LogP contribution in [0.2, 0.25) is 0 Å². The van der Waals surface area contributed by atoms with Gasteiger partial charge >= 0.3 is 0 Å². The number of rotatable bonds is 10. The number of aliphatic hydroxyl groups is 1. The molecule has 0 spiro atoms.